The molecule has 2 rings (SSSR count). The Bertz CT molecular complexity index is 599. The summed E-state index contributed by atoms with van der Waals surface area (Å²) >= 11 is 0. The molecule has 1 aromatic carbocycles. The minimum atomic E-state index is -0.690. The lowest BCUT2D eigenvalue weighted by molar-refractivity contribution is -0.142. The lowest BCUT2D eigenvalue weighted by Crippen LogP contribution is -2.34. The Morgan fingerprint density at radius 2 is 2.05 bits per heavy atom. The lowest BCUT2D eigenvalue weighted by Gasteiger charge is -2.11. The largest absolute Gasteiger partial charge is 0.468 e. The highest BCUT2D eigenvalue weighted by molar-refractivity contribution is 5.75. The third kappa shape index (κ3) is 3.19. The van der Waals surface area contributed by atoms with Crippen LogP contribution >= 0.6 is 0 Å². The van der Waals surface area contributed by atoms with Crippen LogP contribution in [0.25, 0.3) is 11.4 Å². The van der Waals surface area contributed by atoms with E-state index in [0.717, 1.165) is 16.8 Å². The molecule has 1 atom stereocenters. The Labute approximate surface area is 117 Å². The Hall–Kier alpha value is -2.27. The van der Waals surface area contributed by atoms with Gasteiger partial charge in [0.05, 0.1) is 7.11 Å². The molecule has 20 heavy (non-hydrogen) atoms. The predicted molar refractivity (Wildman–Crippen MR) is 75.9 cm³/mol. The van der Waals surface area contributed by atoms with Crippen molar-refractivity contribution in [3.63, 3.8) is 0 Å². The van der Waals surface area contributed by atoms with Crippen molar-refractivity contribution in [2.24, 2.45) is 5.73 Å². The highest BCUT2D eigenvalue weighted by atomic mass is 16.5. The van der Waals surface area contributed by atoms with Gasteiger partial charge in [-0.3, -0.25) is 4.79 Å². The van der Waals surface area contributed by atoms with E-state index in [9.17, 15) is 4.79 Å². The minimum absolute atomic E-state index is 0.369. The number of benzene rings is 1. The van der Waals surface area contributed by atoms with Gasteiger partial charge in [-0.15, -0.1) is 0 Å². The van der Waals surface area contributed by atoms with Gasteiger partial charge in [0.1, 0.15) is 6.04 Å². The average molecular weight is 271 g/mol. The molecule has 1 heterocycles. The number of nitrogens with two attached hydrogens (primary N) is 1. The molecule has 0 aliphatic heterocycles. The van der Waals surface area contributed by atoms with E-state index in [1.807, 2.05) is 37.3 Å². The smallest absolute Gasteiger partial charge is 0.322 e. The van der Waals surface area contributed by atoms with E-state index in [1.54, 1.807) is 6.20 Å². The Balaban J connectivity index is 2.20. The van der Waals surface area contributed by atoms with Gasteiger partial charge >= 0.3 is 5.97 Å². The number of nitrogens with zero attached hydrogens (tertiary/aromatic N) is 2. The number of aryl methyl sites for hydroxylation is 1. The van der Waals surface area contributed by atoms with Crippen molar-refractivity contribution in [3.05, 3.63) is 47.8 Å². The van der Waals surface area contributed by atoms with Crippen LogP contribution in [-0.2, 0) is 16.0 Å². The average Bonchev–Trinajstić information content (AvgIpc) is 2.49. The first-order chi connectivity index (χ1) is 9.61. The molecule has 5 nitrogen and oxygen atoms in total. The molecule has 0 spiro atoms. The van der Waals surface area contributed by atoms with Crippen molar-refractivity contribution < 1.29 is 9.53 Å². The molecule has 0 saturated carbocycles. The van der Waals surface area contributed by atoms with Crippen LogP contribution in [0.2, 0.25) is 0 Å². The molecule has 0 fully saturated rings. The van der Waals surface area contributed by atoms with Crippen LogP contribution in [0.15, 0.2) is 36.5 Å². The molecule has 0 amide bonds. The number of hydrogen-bond acceptors (Lipinski definition) is 5. The maximum absolute atomic E-state index is 11.3. The molecule has 5 heteroatoms. The number of aromatic nitrogens is 2. The van der Waals surface area contributed by atoms with Gasteiger partial charge in [0, 0.05) is 23.9 Å². The second-order valence-corrected chi connectivity index (χ2v) is 4.50. The third-order valence-corrected chi connectivity index (χ3v) is 3.06. The summed E-state index contributed by atoms with van der Waals surface area (Å²) in [4.78, 5) is 20.1. The van der Waals surface area contributed by atoms with Gasteiger partial charge in [-0.2, -0.15) is 0 Å². The molecule has 0 aliphatic rings. The van der Waals surface area contributed by atoms with Gasteiger partial charge in [0.25, 0.3) is 0 Å². The summed E-state index contributed by atoms with van der Waals surface area (Å²) in [6, 6.07) is 9.04. The van der Waals surface area contributed by atoms with Crippen molar-refractivity contribution in [1.82, 2.24) is 9.97 Å². The van der Waals surface area contributed by atoms with Crippen molar-refractivity contribution in [1.29, 1.82) is 0 Å². The molecule has 0 saturated heterocycles. The Morgan fingerprint density at radius 3 is 2.65 bits per heavy atom. The fourth-order valence-electron chi connectivity index (χ4n) is 1.89. The van der Waals surface area contributed by atoms with Crippen LogP contribution in [0.4, 0.5) is 0 Å². The summed E-state index contributed by atoms with van der Waals surface area (Å²) in [6.07, 6.45) is 2.08. The standard InChI is InChI=1S/C15H17N3O2/c1-10-12(8-13(16)15(19)20-2)9-17-14(18-10)11-6-4-3-5-7-11/h3-7,9,13H,8,16H2,1-2H3. The molecule has 0 bridgehead atoms. The van der Waals surface area contributed by atoms with Gasteiger partial charge in [0.2, 0.25) is 0 Å². The van der Waals surface area contributed by atoms with Crippen molar-refractivity contribution >= 4 is 5.97 Å². The van der Waals surface area contributed by atoms with E-state index < -0.39 is 12.0 Å². The zero-order valence-electron chi connectivity index (χ0n) is 11.5. The molecule has 104 valence electrons. The molecular weight excluding hydrogens is 254 g/mol. The first kappa shape index (κ1) is 14.1. The highest BCUT2D eigenvalue weighted by Crippen LogP contribution is 2.16. The minimum Gasteiger partial charge on any atom is -0.468 e. The molecule has 1 aromatic heterocycles. The van der Waals surface area contributed by atoms with E-state index in [0.29, 0.717) is 12.2 Å². The van der Waals surface area contributed by atoms with E-state index in [-0.39, 0.29) is 0 Å². The first-order valence-corrected chi connectivity index (χ1v) is 6.33. The number of carbonyl (C=O) groups is 1. The van der Waals surface area contributed by atoms with Crippen LogP contribution in [0.1, 0.15) is 11.3 Å². The topological polar surface area (TPSA) is 78.1 Å². The molecular formula is C15H17N3O2. The Morgan fingerprint density at radius 1 is 1.35 bits per heavy atom. The van der Waals surface area contributed by atoms with Crippen LogP contribution < -0.4 is 5.73 Å². The number of esters is 1. The molecule has 2 aromatic rings. The predicted octanol–water partition coefficient (Wildman–Crippen LogP) is 1.49. The van der Waals surface area contributed by atoms with Crippen LogP contribution in [0.5, 0.6) is 0 Å². The van der Waals surface area contributed by atoms with E-state index >= 15 is 0 Å². The van der Waals surface area contributed by atoms with Crippen molar-refractivity contribution in [2.45, 2.75) is 19.4 Å². The molecule has 0 aliphatic carbocycles. The van der Waals surface area contributed by atoms with Crippen LogP contribution in [0, 0.1) is 6.92 Å². The van der Waals surface area contributed by atoms with Crippen LogP contribution in [-0.4, -0.2) is 29.1 Å². The van der Waals surface area contributed by atoms with Gasteiger partial charge in [-0.25, -0.2) is 9.97 Å². The molecule has 2 N–H and O–H groups in total. The van der Waals surface area contributed by atoms with Crippen LogP contribution in [0.3, 0.4) is 0 Å². The summed E-state index contributed by atoms with van der Waals surface area (Å²) in [5, 5.41) is 0. The number of ether oxygens (including phenoxy) is 1. The Kier molecular flexibility index (Phi) is 4.42. The monoisotopic (exact) mass is 271 g/mol. The SMILES string of the molecule is COC(=O)C(N)Cc1cnc(-c2ccccc2)nc1C. The van der Waals surface area contributed by atoms with E-state index in [2.05, 4.69) is 14.7 Å². The maximum Gasteiger partial charge on any atom is 0.322 e. The summed E-state index contributed by atoms with van der Waals surface area (Å²) < 4.78 is 4.61. The number of methoxy groups -OCH3 is 1. The second kappa shape index (κ2) is 6.25. The fraction of sp³-hybridized carbons (Fsp3) is 0.267. The number of hydrogen-bond donors (Lipinski definition) is 1. The van der Waals surface area contributed by atoms with E-state index in [1.165, 1.54) is 7.11 Å². The fourth-order valence-corrected chi connectivity index (χ4v) is 1.89. The van der Waals surface area contributed by atoms with Crippen molar-refractivity contribution in [2.75, 3.05) is 7.11 Å². The highest BCUT2D eigenvalue weighted by Gasteiger charge is 2.16. The van der Waals surface area contributed by atoms with Gasteiger partial charge in [-0.1, -0.05) is 30.3 Å². The summed E-state index contributed by atoms with van der Waals surface area (Å²) in [5.74, 6) is 0.232. The molecule has 0 radical (unpaired) electrons. The maximum atomic E-state index is 11.3. The van der Waals surface area contributed by atoms with Gasteiger partial charge in [0.15, 0.2) is 5.82 Å². The normalized spacial score (nSPS) is 11.9. The lowest BCUT2D eigenvalue weighted by atomic mass is 10.1. The molecule has 1 unspecified atom stereocenters. The van der Waals surface area contributed by atoms with Crippen molar-refractivity contribution in [3.8, 4) is 11.4 Å². The van der Waals surface area contributed by atoms with Gasteiger partial charge in [-0.05, 0) is 12.5 Å². The summed E-state index contributed by atoms with van der Waals surface area (Å²) in [5.41, 5.74) is 8.37. The second-order valence-electron chi connectivity index (χ2n) is 4.50. The first-order valence-electron chi connectivity index (χ1n) is 6.33. The summed E-state index contributed by atoms with van der Waals surface area (Å²) in [7, 11) is 1.32. The number of rotatable bonds is 4. The van der Waals surface area contributed by atoms with E-state index in [4.69, 9.17) is 5.73 Å². The number of carbonyl (C=O) groups excluding carboxylic acids is 1. The zero-order valence-corrected chi connectivity index (χ0v) is 11.5. The zero-order chi connectivity index (χ0) is 14.5. The summed E-state index contributed by atoms with van der Waals surface area (Å²) in [6.45, 7) is 1.88. The quantitative estimate of drug-likeness (QED) is 0.852. The van der Waals surface area contributed by atoms with Gasteiger partial charge < -0.3 is 10.5 Å². The third-order valence-electron chi connectivity index (χ3n) is 3.06.